The second-order valence-electron chi connectivity index (χ2n) is 6.91. The maximum Gasteiger partial charge on any atom is 0.214 e. The van der Waals surface area contributed by atoms with Crippen molar-refractivity contribution < 1.29 is 13.2 Å². The van der Waals surface area contributed by atoms with E-state index in [-0.39, 0.29) is 15.7 Å². The Hall–Kier alpha value is -1.60. The van der Waals surface area contributed by atoms with Crippen molar-refractivity contribution >= 4 is 35.1 Å². The minimum atomic E-state index is -0.815. The molecule has 3 nitrogen and oxygen atoms in total. The summed E-state index contributed by atoms with van der Waals surface area (Å²) in [7, 11) is 0. The summed E-state index contributed by atoms with van der Waals surface area (Å²) in [6, 6.07) is 5.43. The normalized spacial score (nSPS) is 18.2. The van der Waals surface area contributed by atoms with Crippen LogP contribution in [0.4, 0.5) is 24.7 Å². The maximum atomic E-state index is 14.7. The van der Waals surface area contributed by atoms with Gasteiger partial charge in [-0.3, -0.25) is 0 Å². The lowest BCUT2D eigenvalue weighted by molar-refractivity contribution is 0.165. The van der Waals surface area contributed by atoms with E-state index in [0.717, 1.165) is 19.5 Å². The molecule has 0 amide bonds. The molecule has 2 aliphatic rings. The molecule has 1 saturated heterocycles. The Labute approximate surface area is 159 Å². The van der Waals surface area contributed by atoms with Gasteiger partial charge in [-0.25, -0.2) is 13.8 Å². The average Bonchev–Trinajstić information content (AvgIpc) is 3.04. The van der Waals surface area contributed by atoms with Gasteiger partial charge in [0, 0.05) is 19.2 Å². The fourth-order valence-corrected chi connectivity index (χ4v) is 4.68. The van der Waals surface area contributed by atoms with Gasteiger partial charge in [0.1, 0.15) is 21.6 Å². The highest BCUT2D eigenvalue weighted by Gasteiger charge is 2.43. The lowest BCUT2D eigenvalue weighted by atomic mass is 9.68. The number of halogens is 4. The molecular weight excluding hydrogens is 383 g/mol. The molecule has 2 heterocycles. The molecule has 0 atom stereocenters. The predicted octanol–water partition coefficient (Wildman–Crippen LogP) is 5.65. The van der Waals surface area contributed by atoms with E-state index in [9.17, 15) is 13.2 Å². The van der Waals surface area contributed by atoms with Gasteiger partial charge in [-0.05, 0) is 48.8 Å². The average molecular weight is 400 g/mol. The molecule has 0 radical (unpaired) electrons. The first-order valence-electron chi connectivity index (χ1n) is 8.45. The molecule has 4 rings (SSSR count). The van der Waals surface area contributed by atoms with Gasteiger partial charge in [0.05, 0.1) is 5.69 Å². The predicted molar refractivity (Wildman–Crippen MR) is 98.2 cm³/mol. The summed E-state index contributed by atoms with van der Waals surface area (Å²) in [5, 5.41) is -0.0840. The second kappa shape index (κ2) is 6.85. The standard InChI is InChI=1S/C18H17ClF3N3S/c19-15-12(25-8-7-18(10-25)5-2-6-18)9-11(20)17(16(15)22)26-24-14-4-1-3-13(21)23-14/h1,3-4,9H,2,5-8,10H2,(H,23,24). The van der Waals surface area contributed by atoms with Crippen LogP contribution in [0.25, 0.3) is 0 Å². The van der Waals surface area contributed by atoms with Crippen LogP contribution in [0, 0.1) is 23.0 Å². The molecule has 1 saturated carbocycles. The number of hydrogen-bond acceptors (Lipinski definition) is 4. The van der Waals surface area contributed by atoms with E-state index in [1.54, 1.807) is 0 Å². The van der Waals surface area contributed by atoms with Crippen LogP contribution in [0.3, 0.4) is 0 Å². The van der Waals surface area contributed by atoms with Gasteiger partial charge in [-0.15, -0.1) is 0 Å². The Bertz CT molecular complexity index is 845. The first-order chi connectivity index (χ1) is 12.5. The Morgan fingerprint density at radius 1 is 1.19 bits per heavy atom. The molecule has 2 fully saturated rings. The van der Waals surface area contributed by atoms with Crippen LogP contribution in [0.5, 0.6) is 0 Å². The van der Waals surface area contributed by atoms with Crippen molar-refractivity contribution in [1.82, 2.24) is 4.98 Å². The third-order valence-corrected chi connectivity index (χ3v) is 6.51. The molecule has 2 aromatic rings. The molecule has 1 aliphatic heterocycles. The van der Waals surface area contributed by atoms with Gasteiger partial charge in [-0.1, -0.05) is 24.1 Å². The Kier molecular flexibility index (Phi) is 4.69. The van der Waals surface area contributed by atoms with E-state index in [0.29, 0.717) is 23.1 Å². The molecule has 1 aromatic carbocycles. The molecule has 1 aliphatic carbocycles. The van der Waals surface area contributed by atoms with Gasteiger partial charge in [-0.2, -0.15) is 4.39 Å². The Morgan fingerprint density at radius 3 is 2.65 bits per heavy atom. The van der Waals surface area contributed by atoms with Crippen LogP contribution in [0.15, 0.2) is 29.2 Å². The topological polar surface area (TPSA) is 28.2 Å². The van der Waals surface area contributed by atoms with Crippen molar-refractivity contribution in [3.05, 3.63) is 46.9 Å². The Morgan fingerprint density at radius 2 is 2.00 bits per heavy atom. The van der Waals surface area contributed by atoms with Gasteiger partial charge in [0.15, 0.2) is 5.82 Å². The highest BCUT2D eigenvalue weighted by atomic mass is 35.5. The van der Waals surface area contributed by atoms with Gasteiger partial charge in [0.25, 0.3) is 0 Å². The zero-order chi connectivity index (χ0) is 18.3. The van der Waals surface area contributed by atoms with Gasteiger partial charge < -0.3 is 9.62 Å². The Balaban J connectivity index is 1.54. The van der Waals surface area contributed by atoms with Crippen LogP contribution in [-0.2, 0) is 0 Å². The van der Waals surface area contributed by atoms with E-state index in [1.165, 1.54) is 43.5 Å². The van der Waals surface area contributed by atoms with E-state index >= 15 is 0 Å². The molecular formula is C18H17ClF3N3S. The maximum absolute atomic E-state index is 14.7. The molecule has 0 unspecified atom stereocenters. The highest BCUT2D eigenvalue weighted by molar-refractivity contribution is 8.00. The number of nitrogens with one attached hydrogen (secondary N) is 1. The molecule has 138 valence electrons. The summed E-state index contributed by atoms with van der Waals surface area (Å²) in [6.45, 7) is 1.56. The SMILES string of the molecule is Fc1cccc(NSc2c(F)cc(N3CCC4(CCC4)C3)c(Cl)c2F)n1. The van der Waals surface area contributed by atoms with Crippen LogP contribution in [0.1, 0.15) is 25.7 Å². The molecule has 26 heavy (non-hydrogen) atoms. The third-order valence-electron chi connectivity index (χ3n) is 5.26. The number of hydrogen-bond donors (Lipinski definition) is 1. The van der Waals surface area contributed by atoms with Gasteiger partial charge >= 0.3 is 0 Å². The van der Waals surface area contributed by atoms with Crippen molar-refractivity contribution in [2.75, 3.05) is 22.7 Å². The first kappa shape index (κ1) is 17.8. The molecule has 8 heteroatoms. The first-order valence-corrected chi connectivity index (χ1v) is 9.65. The summed E-state index contributed by atoms with van der Waals surface area (Å²) in [5.41, 5.74) is 0.701. The fourth-order valence-electron chi connectivity index (χ4n) is 3.68. The summed E-state index contributed by atoms with van der Waals surface area (Å²) in [5.74, 6) is -2.03. The van der Waals surface area contributed by atoms with E-state index in [1.807, 2.05) is 4.90 Å². The number of nitrogens with zero attached hydrogens (tertiary/aromatic N) is 2. The van der Waals surface area contributed by atoms with Crippen LogP contribution in [-0.4, -0.2) is 18.1 Å². The lowest BCUT2D eigenvalue weighted by Gasteiger charge is -2.38. The van der Waals surface area contributed by atoms with Crippen molar-refractivity contribution in [3.63, 3.8) is 0 Å². The van der Waals surface area contributed by atoms with E-state index < -0.39 is 17.6 Å². The summed E-state index contributed by atoms with van der Waals surface area (Å²) < 4.78 is 45.0. The third kappa shape index (κ3) is 3.22. The minimum Gasteiger partial charge on any atom is -0.370 e. The van der Waals surface area contributed by atoms with Crippen molar-refractivity contribution in [1.29, 1.82) is 0 Å². The van der Waals surface area contributed by atoms with Crippen LogP contribution < -0.4 is 9.62 Å². The monoisotopic (exact) mass is 399 g/mol. The molecule has 1 aromatic heterocycles. The highest BCUT2D eigenvalue weighted by Crippen LogP contribution is 2.50. The molecule has 1 N–H and O–H groups in total. The fraction of sp³-hybridized carbons (Fsp3) is 0.389. The zero-order valence-corrected chi connectivity index (χ0v) is 15.4. The number of rotatable bonds is 4. The minimum absolute atomic E-state index is 0.0840. The van der Waals surface area contributed by atoms with Crippen LogP contribution in [0.2, 0.25) is 5.02 Å². The van der Waals surface area contributed by atoms with Crippen molar-refractivity contribution in [3.8, 4) is 0 Å². The number of anilines is 2. The number of benzene rings is 1. The van der Waals surface area contributed by atoms with Crippen molar-refractivity contribution in [2.45, 2.75) is 30.6 Å². The largest absolute Gasteiger partial charge is 0.370 e. The van der Waals surface area contributed by atoms with Crippen LogP contribution >= 0.6 is 23.5 Å². The van der Waals surface area contributed by atoms with E-state index in [4.69, 9.17) is 11.6 Å². The quantitative estimate of drug-likeness (QED) is 0.408. The van der Waals surface area contributed by atoms with E-state index in [2.05, 4.69) is 9.71 Å². The molecule has 1 spiro atoms. The van der Waals surface area contributed by atoms with Crippen molar-refractivity contribution in [2.24, 2.45) is 5.41 Å². The lowest BCUT2D eigenvalue weighted by Crippen LogP contribution is -2.33. The second-order valence-corrected chi connectivity index (χ2v) is 8.10. The summed E-state index contributed by atoms with van der Waals surface area (Å²) in [6.07, 6.45) is 4.60. The molecule has 0 bridgehead atoms. The summed E-state index contributed by atoms with van der Waals surface area (Å²) in [4.78, 5) is 5.31. The van der Waals surface area contributed by atoms with Gasteiger partial charge in [0.2, 0.25) is 5.95 Å². The number of pyridine rings is 1. The number of aromatic nitrogens is 1. The smallest absolute Gasteiger partial charge is 0.214 e. The zero-order valence-electron chi connectivity index (χ0n) is 13.9. The summed E-state index contributed by atoms with van der Waals surface area (Å²) >= 11 is 6.90.